The molecule has 57 nitrogen and oxygen atoms in total. The summed E-state index contributed by atoms with van der Waals surface area (Å²) in [7, 11) is 0. The van der Waals surface area contributed by atoms with Crippen LogP contribution in [0.5, 0.6) is 0 Å². The van der Waals surface area contributed by atoms with Crippen LogP contribution < -0.4 is 205 Å². The third-order valence-corrected chi connectivity index (χ3v) is 24.5. The molecule has 0 bridgehead atoms. The monoisotopic (exact) mass is 2140 g/mol. The molecule has 0 fully saturated rings. The highest BCUT2D eigenvalue weighted by atomic mass is 16.2. The highest BCUT2D eigenvalue weighted by Gasteiger charge is 2.27. The number of nitrogens with zero attached hydrogens (tertiary/aromatic N) is 1. The Bertz CT molecular complexity index is 4260. The van der Waals surface area contributed by atoms with Gasteiger partial charge >= 0.3 is 5.69 Å². The highest BCUT2D eigenvalue weighted by Crippen LogP contribution is 2.10. The summed E-state index contributed by atoms with van der Waals surface area (Å²) >= 11 is 0. The summed E-state index contributed by atoms with van der Waals surface area (Å²) in [6.07, 6.45) is 14.6. The van der Waals surface area contributed by atoms with Gasteiger partial charge in [-0.15, -0.1) is 0 Å². The Morgan fingerprint density at radius 3 is 0.493 bits per heavy atom. The maximum Gasteiger partial charge on any atom is 0.328 e. The first kappa shape index (κ1) is 136. The normalized spacial score (nSPS) is 14.7. The molecule has 858 valence electrons. The summed E-state index contributed by atoms with van der Waals surface area (Å²) in [5, 5.41) is 45.9. The lowest BCUT2D eigenvalue weighted by atomic mass is 10.1. The van der Waals surface area contributed by atoms with E-state index in [4.69, 9.17) is 103 Å². The Morgan fingerprint density at radius 1 is 0.207 bits per heavy atom. The van der Waals surface area contributed by atoms with E-state index in [0.29, 0.717) is 185 Å². The van der Waals surface area contributed by atoms with E-state index in [1.165, 1.54) is 13.1 Å². The lowest BCUT2D eigenvalue weighted by Gasteiger charge is -2.16. The standard InChI is InChI=1S/C93H181N37O20/c1-56-54-130(93(150)129-76(56)133)55-74(131)112-37-11-3-21-58(95)77(134)121-46-30-67(104)86(143)114-39-13-5-23-60(97)79(136)123-48-32-69(106)88(145)116-41-15-7-25-62(99)81(138)125-50-34-71(108)90(147)118-43-17-9-27-64(101)83(140)127-52-36-73(110)92(149)120-45-19-10-28-65(102)84(141)128-53-35-72(109)91(148)119-44-18-8-26-63(100)82(139)126-51-33-70(107)89(146)117-42-16-6-24-61(98)80(137)124-49-31-68(105)87(144)115-40-14-4-22-59(96)78(135)122-47-29-66(103)85(142)113-38-12-2-20-57(94)75(111)132/h54,57-73H,2-53,55,94-110H2,1H3,(H2,111,132)(H,112,131)(H,113,142)(H,114,143)(H,115,144)(H,116,145)(H,117,146)(H,118,147)(H,119,148)(H,120,149)(H,121,134)(H,122,135)(H,123,136)(H,124,137)(H,125,138)(H,126,139)(H,127,140)(H,128,141)(H,129,133,150)/t57-,58-,59-,60-,61-,62-,63-,64-,65-,66-,67-,68-,69-,70-,71-,72-,73-/m0/s1. The molecular weight excluding hydrogens is 1960 g/mol. The number of rotatable bonds is 88. The number of unbranched alkanes of at least 4 members (excludes halogenated alkanes) is 9. The van der Waals surface area contributed by atoms with Gasteiger partial charge in [-0.2, -0.15) is 0 Å². The number of nitrogens with one attached hydrogen (secondary N) is 18. The minimum absolute atomic E-state index is 0.0821. The molecule has 0 radical (unpaired) electrons. The van der Waals surface area contributed by atoms with E-state index in [1.807, 2.05) is 0 Å². The summed E-state index contributed by atoms with van der Waals surface area (Å²) < 4.78 is 1.10. The molecule has 17 atom stereocenters. The van der Waals surface area contributed by atoms with Gasteiger partial charge in [0.25, 0.3) is 5.56 Å². The molecule has 0 aliphatic heterocycles. The zero-order chi connectivity index (χ0) is 112. The summed E-state index contributed by atoms with van der Waals surface area (Å²) in [4.78, 5) is 250. The molecule has 0 spiro atoms. The molecule has 0 saturated carbocycles. The van der Waals surface area contributed by atoms with E-state index in [0.717, 1.165) is 4.57 Å². The molecule has 1 rings (SSSR count). The number of carbonyl (C=O) groups excluding carboxylic acids is 18. The van der Waals surface area contributed by atoms with Gasteiger partial charge in [-0.1, -0.05) is 0 Å². The van der Waals surface area contributed by atoms with Gasteiger partial charge in [-0.25, -0.2) is 4.79 Å². The molecule has 0 unspecified atom stereocenters. The SMILES string of the molecule is Cc1cn(CC(=O)NCCCC[C@H](N)C(=O)NCC[C@H](N)C(=O)NCCCC[C@H](N)C(=O)NCC[C@H](N)C(=O)NCCCC[C@H](N)C(=O)NCC[C@H](N)C(=O)NCCCC[C@H](N)C(=O)NCC[C@H](N)C(=O)NCCCC[C@H](N)C(=O)NCC[C@H](N)C(=O)NCCCC[C@H](N)C(=O)NCC[C@H](N)C(=O)NCCCC[C@H](N)C(=O)NCC[C@H](N)C(=O)NCCCC[C@H](N)C(=O)NCC[C@H](N)C(=O)NCCCC[C@H](N)C(N)=O)c(=O)[nH]c1=O. The predicted molar refractivity (Wildman–Crippen MR) is 564 cm³/mol. The van der Waals surface area contributed by atoms with Crippen LogP contribution in [0.1, 0.15) is 230 Å². The largest absolute Gasteiger partial charge is 0.368 e. The Morgan fingerprint density at radius 2 is 0.340 bits per heavy atom. The van der Waals surface area contributed by atoms with Crippen LogP contribution in [-0.2, 0) is 92.8 Å². The van der Waals surface area contributed by atoms with Crippen molar-refractivity contribution in [1.82, 2.24) is 99.9 Å². The molecule has 1 aromatic heterocycles. The summed E-state index contributed by atoms with van der Waals surface area (Å²) in [5.74, 6) is -7.82. The number of nitrogens with two attached hydrogens (primary N) is 18. The zero-order valence-corrected chi connectivity index (χ0v) is 87.4. The van der Waals surface area contributed by atoms with Crippen molar-refractivity contribution in [2.45, 2.75) is 341 Å². The average Bonchev–Trinajstić information content (AvgIpc) is 0.847. The number of H-pyrrole nitrogens is 1. The molecular formula is C93H181N37O20. The summed E-state index contributed by atoms with van der Waals surface area (Å²) in [6.45, 7) is 4.54. The van der Waals surface area contributed by atoms with Crippen LogP contribution in [0.15, 0.2) is 15.8 Å². The van der Waals surface area contributed by atoms with E-state index >= 15 is 0 Å². The topological polar surface area (TPSA) is 1030 Å². The van der Waals surface area contributed by atoms with Gasteiger partial charge < -0.3 is 194 Å². The van der Waals surface area contributed by atoms with Crippen molar-refractivity contribution in [2.75, 3.05) is 111 Å². The molecule has 0 aromatic carbocycles. The fourth-order valence-corrected chi connectivity index (χ4v) is 14.4. The molecule has 54 N–H and O–H groups in total. The van der Waals surface area contributed by atoms with Crippen LogP contribution in [0, 0.1) is 6.92 Å². The third kappa shape index (κ3) is 64.9. The Kier molecular flexibility index (Phi) is 73.9. The first-order valence-corrected chi connectivity index (χ1v) is 52.3. The quantitative estimate of drug-likeness (QED) is 0.0269. The van der Waals surface area contributed by atoms with Crippen LogP contribution in [0.3, 0.4) is 0 Å². The maximum absolute atomic E-state index is 12.7. The molecule has 0 aliphatic rings. The van der Waals surface area contributed by atoms with Crippen molar-refractivity contribution in [3.8, 4) is 0 Å². The average molecular weight is 2140 g/mol. The smallest absolute Gasteiger partial charge is 0.328 e. The minimum Gasteiger partial charge on any atom is -0.368 e. The first-order chi connectivity index (χ1) is 71.2. The van der Waals surface area contributed by atoms with Gasteiger partial charge in [0, 0.05) is 123 Å². The van der Waals surface area contributed by atoms with Crippen molar-refractivity contribution < 1.29 is 86.3 Å². The van der Waals surface area contributed by atoms with E-state index in [1.54, 1.807) is 0 Å². The van der Waals surface area contributed by atoms with E-state index < -0.39 is 214 Å². The van der Waals surface area contributed by atoms with E-state index in [2.05, 4.69) is 95.4 Å². The van der Waals surface area contributed by atoms with Crippen LogP contribution in [0.2, 0.25) is 0 Å². The van der Waals surface area contributed by atoms with Crippen LogP contribution >= 0.6 is 0 Å². The molecule has 18 amide bonds. The molecule has 0 saturated heterocycles. The van der Waals surface area contributed by atoms with E-state index in [-0.39, 0.29) is 169 Å². The number of hydrogen-bond acceptors (Lipinski definition) is 37. The maximum atomic E-state index is 12.7. The lowest BCUT2D eigenvalue weighted by Crippen LogP contribution is -2.46. The van der Waals surface area contributed by atoms with Gasteiger partial charge in [0.15, 0.2) is 0 Å². The number of carbonyl (C=O) groups is 18. The molecule has 1 aromatic rings. The van der Waals surface area contributed by atoms with Crippen LogP contribution in [0.4, 0.5) is 0 Å². The van der Waals surface area contributed by atoms with Crippen molar-refractivity contribution in [2.24, 2.45) is 103 Å². The summed E-state index contributed by atoms with van der Waals surface area (Å²) in [6, 6.07) is -14.8. The number of aromatic nitrogens is 2. The highest BCUT2D eigenvalue weighted by molar-refractivity contribution is 5.89. The van der Waals surface area contributed by atoms with Crippen molar-refractivity contribution in [3.05, 3.63) is 32.6 Å². The fourth-order valence-electron chi connectivity index (χ4n) is 14.4. The first-order valence-electron chi connectivity index (χ1n) is 52.3. The Hall–Kier alpha value is -11.5. The van der Waals surface area contributed by atoms with Crippen molar-refractivity contribution in [3.63, 3.8) is 0 Å². The van der Waals surface area contributed by atoms with Gasteiger partial charge in [0.1, 0.15) is 6.54 Å². The van der Waals surface area contributed by atoms with Crippen molar-refractivity contribution >= 4 is 106 Å². The van der Waals surface area contributed by atoms with Gasteiger partial charge in [0.05, 0.1) is 103 Å². The minimum atomic E-state index is -0.932. The van der Waals surface area contributed by atoms with Gasteiger partial charge in [-0.05, 0) is 232 Å². The molecule has 150 heavy (non-hydrogen) atoms. The molecule has 0 aliphatic carbocycles. The zero-order valence-electron chi connectivity index (χ0n) is 87.4. The number of hydrogen-bond donors (Lipinski definition) is 36. The van der Waals surface area contributed by atoms with Gasteiger partial charge in [0.2, 0.25) is 106 Å². The summed E-state index contributed by atoms with van der Waals surface area (Å²) in [5.41, 5.74) is 106. The molecule has 1 heterocycles. The second-order valence-corrected chi connectivity index (χ2v) is 37.7. The van der Waals surface area contributed by atoms with E-state index in [9.17, 15) is 95.9 Å². The fraction of sp³-hybridized carbons (Fsp3) is 0.763. The predicted octanol–water partition coefficient (Wildman–Crippen LogP) is -14.5. The number of primary amides is 1. The number of amides is 18. The second-order valence-electron chi connectivity index (χ2n) is 37.7. The molecule has 57 heteroatoms. The second kappa shape index (κ2) is 81.3. The van der Waals surface area contributed by atoms with Crippen molar-refractivity contribution in [1.29, 1.82) is 0 Å². The van der Waals surface area contributed by atoms with Crippen LogP contribution in [-0.4, -0.2) is 330 Å². The van der Waals surface area contributed by atoms with Gasteiger partial charge in [-0.3, -0.25) is 101 Å². The Balaban J connectivity index is 2.08. The Labute approximate surface area is 876 Å². The lowest BCUT2D eigenvalue weighted by molar-refractivity contribution is -0.124. The number of aromatic amines is 1. The number of aryl methyl sites for hydroxylation is 1. The third-order valence-electron chi connectivity index (χ3n) is 24.5. The van der Waals surface area contributed by atoms with Crippen LogP contribution in [0.25, 0.3) is 0 Å².